The first-order valence-corrected chi connectivity index (χ1v) is 5.25. The molecule has 5 heteroatoms. The van der Waals surface area contributed by atoms with Crippen molar-refractivity contribution in [1.29, 1.82) is 0 Å². The van der Waals surface area contributed by atoms with Gasteiger partial charge in [0.05, 0.1) is 0 Å². The maximum atomic E-state index is 13.8. The maximum Gasteiger partial charge on any atom is 0.355 e. The SMILES string of the molecule is Cc1ccc(-c2ccc(N)nc2C(=O)O)c(F)c1. The van der Waals surface area contributed by atoms with Crippen molar-refractivity contribution in [1.82, 2.24) is 4.98 Å². The number of carbonyl (C=O) groups is 1. The predicted octanol–water partition coefficient (Wildman–Crippen LogP) is 2.48. The molecule has 2 rings (SSSR count). The number of hydrogen-bond acceptors (Lipinski definition) is 3. The second kappa shape index (κ2) is 4.44. The Balaban J connectivity index is 2.67. The molecule has 0 bridgehead atoms. The van der Waals surface area contributed by atoms with Crippen molar-refractivity contribution in [2.75, 3.05) is 5.73 Å². The standard InChI is InChI=1S/C13H11FN2O2/c1-7-2-3-8(10(14)6-7)9-4-5-11(15)16-12(9)13(17)18/h2-6H,1H3,(H2,15,16)(H,17,18). The molecule has 0 amide bonds. The molecule has 2 aromatic rings. The zero-order valence-corrected chi connectivity index (χ0v) is 9.64. The molecule has 0 aliphatic rings. The van der Waals surface area contributed by atoms with Gasteiger partial charge in [-0.3, -0.25) is 0 Å². The predicted molar refractivity (Wildman–Crippen MR) is 65.7 cm³/mol. The van der Waals surface area contributed by atoms with Crippen LogP contribution in [0, 0.1) is 12.7 Å². The Kier molecular flexibility index (Phi) is 2.97. The second-order valence-corrected chi connectivity index (χ2v) is 3.92. The van der Waals surface area contributed by atoms with E-state index >= 15 is 0 Å². The molecule has 0 aliphatic carbocycles. The van der Waals surface area contributed by atoms with E-state index in [1.807, 2.05) is 0 Å². The first-order chi connectivity index (χ1) is 8.49. The van der Waals surface area contributed by atoms with Crippen LogP contribution in [0.5, 0.6) is 0 Å². The van der Waals surface area contributed by atoms with Crippen molar-refractivity contribution in [2.45, 2.75) is 6.92 Å². The smallest absolute Gasteiger partial charge is 0.355 e. The van der Waals surface area contributed by atoms with E-state index < -0.39 is 11.8 Å². The molecule has 1 aromatic heterocycles. The zero-order valence-electron chi connectivity index (χ0n) is 9.64. The van der Waals surface area contributed by atoms with Crippen LogP contribution in [0.2, 0.25) is 0 Å². The van der Waals surface area contributed by atoms with Crippen LogP contribution in [-0.2, 0) is 0 Å². The number of aryl methyl sites for hydroxylation is 1. The normalized spacial score (nSPS) is 10.3. The highest BCUT2D eigenvalue weighted by atomic mass is 19.1. The van der Waals surface area contributed by atoms with E-state index in [1.54, 1.807) is 13.0 Å². The van der Waals surface area contributed by atoms with Gasteiger partial charge in [-0.05, 0) is 30.7 Å². The number of pyridine rings is 1. The van der Waals surface area contributed by atoms with Crippen molar-refractivity contribution in [3.63, 3.8) is 0 Å². The fourth-order valence-corrected chi connectivity index (χ4v) is 1.69. The monoisotopic (exact) mass is 246 g/mol. The summed E-state index contributed by atoms with van der Waals surface area (Å²) in [6, 6.07) is 7.49. The van der Waals surface area contributed by atoms with Crippen molar-refractivity contribution < 1.29 is 14.3 Å². The van der Waals surface area contributed by atoms with Crippen molar-refractivity contribution in [3.05, 3.63) is 47.4 Å². The highest BCUT2D eigenvalue weighted by molar-refractivity contribution is 5.94. The average molecular weight is 246 g/mol. The molecule has 1 heterocycles. The van der Waals surface area contributed by atoms with E-state index in [-0.39, 0.29) is 22.6 Å². The summed E-state index contributed by atoms with van der Waals surface area (Å²) in [7, 11) is 0. The number of aromatic nitrogens is 1. The van der Waals surface area contributed by atoms with Gasteiger partial charge in [-0.15, -0.1) is 0 Å². The van der Waals surface area contributed by atoms with Gasteiger partial charge in [0.25, 0.3) is 0 Å². The van der Waals surface area contributed by atoms with Crippen LogP contribution in [0.25, 0.3) is 11.1 Å². The van der Waals surface area contributed by atoms with E-state index in [0.29, 0.717) is 0 Å². The van der Waals surface area contributed by atoms with Gasteiger partial charge < -0.3 is 10.8 Å². The van der Waals surface area contributed by atoms with E-state index in [1.165, 1.54) is 24.3 Å². The van der Waals surface area contributed by atoms with Gasteiger partial charge in [0.1, 0.15) is 11.6 Å². The number of anilines is 1. The van der Waals surface area contributed by atoms with Gasteiger partial charge in [0, 0.05) is 11.1 Å². The Labute approximate surface area is 103 Å². The van der Waals surface area contributed by atoms with E-state index in [9.17, 15) is 9.18 Å². The lowest BCUT2D eigenvalue weighted by Gasteiger charge is -2.08. The van der Waals surface area contributed by atoms with Gasteiger partial charge in [0.15, 0.2) is 5.69 Å². The number of carboxylic acids is 1. The van der Waals surface area contributed by atoms with E-state index in [2.05, 4.69) is 4.98 Å². The molecule has 0 saturated heterocycles. The Bertz CT molecular complexity index is 626. The summed E-state index contributed by atoms with van der Waals surface area (Å²) in [6.07, 6.45) is 0. The summed E-state index contributed by atoms with van der Waals surface area (Å²) in [5.41, 5.74) is 6.36. The van der Waals surface area contributed by atoms with Crippen molar-refractivity contribution in [2.24, 2.45) is 0 Å². The van der Waals surface area contributed by atoms with E-state index in [4.69, 9.17) is 10.8 Å². The molecule has 0 saturated carbocycles. The summed E-state index contributed by atoms with van der Waals surface area (Å²) < 4.78 is 13.8. The topological polar surface area (TPSA) is 76.2 Å². The largest absolute Gasteiger partial charge is 0.476 e. The average Bonchev–Trinajstić information content (AvgIpc) is 2.29. The quantitative estimate of drug-likeness (QED) is 0.853. The molecule has 3 N–H and O–H groups in total. The lowest BCUT2D eigenvalue weighted by molar-refractivity contribution is 0.0691. The van der Waals surface area contributed by atoms with Gasteiger partial charge in [-0.25, -0.2) is 14.2 Å². The Morgan fingerprint density at radius 3 is 2.56 bits per heavy atom. The molecule has 0 unspecified atom stereocenters. The number of hydrogen-bond donors (Lipinski definition) is 2. The molecule has 1 aromatic carbocycles. The Hall–Kier alpha value is -2.43. The van der Waals surface area contributed by atoms with Crippen LogP contribution in [0.3, 0.4) is 0 Å². The molecule has 18 heavy (non-hydrogen) atoms. The van der Waals surface area contributed by atoms with Gasteiger partial charge in [0.2, 0.25) is 0 Å². The zero-order chi connectivity index (χ0) is 13.3. The highest BCUT2D eigenvalue weighted by Gasteiger charge is 2.16. The minimum Gasteiger partial charge on any atom is -0.476 e. The number of nitrogens with zero attached hydrogens (tertiary/aromatic N) is 1. The van der Waals surface area contributed by atoms with Crippen LogP contribution >= 0.6 is 0 Å². The fourth-order valence-electron chi connectivity index (χ4n) is 1.69. The molecular weight excluding hydrogens is 235 g/mol. The van der Waals surface area contributed by atoms with Crippen LogP contribution in [-0.4, -0.2) is 16.1 Å². The molecule has 92 valence electrons. The third kappa shape index (κ3) is 2.15. The number of halogens is 1. The van der Waals surface area contributed by atoms with E-state index in [0.717, 1.165) is 5.56 Å². The summed E-state index contributed by atoms with van der Waals surface area (Å²) in [5, 5.41) is 9.06. The molecule has 0 fully saturated rings. The van der Waals surface area contributed by atoms with Crippen LogP contribution < -0.4 is 5.73 Å². The molecule has 0 atom stereocenters. The summed E-state index contributed by atoms with van der Waals surface area (Å²) in [6.45, 7) is 1.76. The second-order valence-electron chi connectivity index (χ2n) is 3.92. The third-order valence-corrected chi connectivity index (χ3v) is 2.53. The molecule has 0 radical (unpaired) electrons. The van der Waals surface area contributed by atoms with Gasteiger partial charge in [-0.2, -0.15) is 0 Å². The number of nitrogen functional groups attached to an aromatic ring is 1. The lowest BCUT2D eigenvalue weighted by Crippen LogP contribution is -2.06. The van der Waals surface area contributed by atoms with Crippen LogP contribution in [0.1, 0.15) is 16.1 Å². The Morgan fingerprint density at radius 1 is 1.28 bits per heavy atom. The van der Waals surface area contributed by atoms with Crippen molar-refractivity contribution in [3.8, 4) is 11.1 Å². The van der Waals surface area contributed by atoms with Crippen LogP contribution in [0.15, 0.2) is 30.3 Å². The van der Waals surface area contributed by atoms with Crippen molar-refractivity contribution >= 4 is 11.8 Å². The first-order valence-electron chi connectivity index (χ1n) is 5.25. The molecule has 0 aliphatic heterocycles. The number of carboxylic acid groups (broad SMARTS) is 1. The van der Waals surface area contributed by atoms with Crippen LogP contribution in [0.4, 0.5) is 10.2 Å². The number of rotatable bonds is 2. The first kappa shape index (κ1) is 12.0. The number of aromatic carboxylic acids is 1. The third-order valence-electron chi connectivity index (χ3n) is 2.53. The summed E-state index contributed by atoms with van der Waals surface area (Å²) in [4.78, 5) is 14.8. The van der Waals surface area contributed by atoms with Gasteiger partial charge >= 0.3 is 5.97 Å². The number of benzene rings is 1. The minimum absolute atomic E-state index is 0.0867. The molecule has 0 spiro atoms. The summed E-state index contributed by atoms with van der Waals surface area (Å²) >= 11 is 0. The lowest BCUT2D eigenvalue weighted by atomic mass is 10.0. The molecule has 4 nitrogen and oxygen atoms in total. The molecular formula is C13H11FN2O2. The fraction of sp³-hybridized carbons (Fsp3) is 0.0769. The summed E-state index contributed by atoms with van der Waals surface area (Å²) in [5.74, 6) is -1.63. The minimum atomic E-state index is -1.24. The maximum absolute atomic E-state index is 13.8. The van der Waals surface area contributed by atoms with Gasteiger partial charge in [-0.1, -0.05) is 12.1 Å². The highest BCUT2D eigenvalue weighted by Crippen LogP contribution is 2.26. The Morgan fingerprint density at radius 2 is 1.94 bits per heavy atom. The number of nitrogens with two attached hydrogens (primary N) is 1.